The molecule has 2 aromatic rings. The molecule has 0 saturated carbocycles. The van der Waals surface area contributed by atoms with Crippen molar-refractivity contribution in [1.29, 1.82) is 0 Å². The Bertz CT molecular complexity index is 690. The van der Waals surface area contributed by atoms with E-state index in [-0.39, 0.29) is 5.56 Å². The first-order valence-electron chi connectivity index (χ1n) is 7.46. The largest absolute Gasteiger partial charge is 0.491 e. The van der Waals surface area contributed by atoms with Gasteiger partial charge in [0, 0.05) is 6.54 Å². The SMILES string of the molecule is CCOc1c(CC)nn(CC)c(=O)c1-c1ccccc1C. The van der Waals surface area contributed by atoms with Crippen LogP contribution >= 0.6 is 0 Å². The fourth-order valence-electron chi connectivity index (χ4n) is 2.44. The Kier molecular flexibility index (Phi) is 4.78. The average molecular weight is 286 g/mol. The monoisotopic (exact) mass is 286 g/mol. The smallest absolute Gasteiger partial charge is 0.278 e. The number of aryl methyl sites for hydroxylation is 3. The van der Waals surface area contributed by atoms with Gasteiger partial charge in [0.2, 0.25) is 0 Å². The van der Waals surface area contributed by atoms with Crippen molar-refractivity contribution in [1.82, 2.24) is 9.78 Å². The van der Waals surface area contributed by atoms with Gasteiger partial charge in [-0.1, -0.05) is 31.2 Å². The van der Waals surface area contributed by atoms with Gasteiger partial charge in [-0.15, -0.1) is 0 Å². The highest BCUT2D eigenvalue weighted by Crippen LogP contribution is 2.31. The van der Waals surface area contributed by atoms with Gasteiger partial charge in [0.05, 0.1) is 12.2 Å². The first-order valence-corrected chi connectivity index (χ1v) is 7.46. The quantitative estimate of drug-likeness (QED) is 0.848. The van der Waals surface area contributed by atoms with E-state index in [0.29, 0.717) is 24.5 Å². The van der Waals surface area contributed by atoms with Gasteiger partial charge < -0.3 is 4.74 Å². The number of hydrogen-bond donors (Lipinski definition) is 0. The highest BCUT2D eigenvalue weighted by Gasteiger charge is 2.19. The zero-order valence-electron chi connectivity index (χ0n) is 13.1. The van der Waals surface area contributed by atoms with Crippen LogP contribution in [0.4, 0.5) is 0 Å². The van der Waals surface area contributed by atoms with E-state index in [9.17, 15) is 4.79 Å². The van der Waals surface area contributed by atoms with Crippen LogP contribution in [0.5, 0.6) is 5.75 Å². The Labute approximate surface area is 125 Å². The molecule has 0 amide bonds. The highest BCUT2D eigenvalue weighted by atomic mass is 16.5. The van der Waals surface area contributed by atoms with Crippen LogP contribution in [-0.2, 0) is 13.0 Å². The second-order valence-electron chi connectivity index (χ2n) is 4.87. The minimum Gasteiger partial charge on any atom is -0.491 e. The number of nitrogens with zero attached hydrogens (tertiary/aromatic N) is 2. The van der Waals surface area contributed by atoms with E-state index >= 15 is 0 Å². The lowest BCUT2D eigenvalue weighted by Gasteiger charge is -2.16. The van der Waals surface area contributed by atoms with E-state index in [1.54, 1.807) is 0 Å². The molecular weight excluding hydrogens is 264 g/mol. The Hall–Kier alpha value is -2.10. The Morgan fingerprint density at radius 3 is 2.48 bits per heavy atom. The van der Waals surface area contributed by atoms with Gasteiger partial charge in [-0.2, -0.15) is 5.10 Å². The molecule has 1 aromatic carbocycles. The molecule has 0 aliphatic carbocycles. The van der Waals surface area contributed by atoms with Crippen LogP contribution in [0, 0.1) is 6.92 Å². The summed E-state index contributed by atoms with van der Waals surface area (Å²) in [5.74, 6) is 0.629. The number of aromatic nitrogens is 2. The fraction of sp³-hybridized carbons (Fsp3) is 0.412. The molecule has 4 heteroatoms. The van der Waals surface area contributed by atoms with Gasteiger partial charge in [-0.3, -0.25) is 4.79 Å². The average Bonchev–Trinajstić information content (AvgIpc) is 2.49. The number of rotatable bonds is 5. The van der Waals surface area contributed by atoms with Crippen molar-refractivity contribution >= 4 is 0 Å². The van der Waals surface area contributed by atoms with Gasteiger partial charge in [-0.05, 0) is 38.3 Å². The molecule has 0 N–H and O–H groups in total. The number of ether oxygens (including phenoxy) is 1. The predicted molar refractivity (Wildman–Crippen MR) is 84.9 cm³/mol. The maximum Gasteiger partial charge on any atom is 0.278 e. The fourth-order valence-corrected chi connectivity index (χ4v) is 2.44. The van der Waals surface area contributed by atoms with Crippen molar-refractivity contribution in [2.75, 3.05) is 6.61 Å². The summed E-state index contributed by atoms with van der Waals surface area (Å²) >= 11 is 0. The van der Waals surface area contributed by atoms with E-state index < -0.39 is 0 Å². The topological polar surface area (TPSA) is 44.1 Å². The molecule has 0 aliphatic rings. The summed E-state index contributed by atoms with van der Waals surface area (Å²) < 4.78 is 7.29. The normalized spacial score (nSPS) is 10.7. The molecule has 0 radical (unpaired) electrons. The van der Waals surface area contributed by atoms with E-state index in [1.807, 2.05) is 52.0 Å². The Morgan fingerprint density at radius 2 is 1.90 bits per heavy atom. The highest BCUT2D eigenvalue weighted by molar-refractivity contribution is 5.73. The maximum atomic E-state index is 12.7. The van der Waals surface area contributed by atoms with Crippen molar-refractivity contribution in [2.24, 2.45) is 0 Å². The zero-order valence-corrected chi connectivity index (χ0v) is 13.1. The summed E-state index contributed by atoms with van der Waals surface area (Å²) in [5.41, 5.74) is 3.35. The van der Waals surface area contributed by atoms with Crippen LogP contribution in [0.3, 0.4) is 0 Å². The third kappa shape index (κ3) is 2.84. The lowest BCUT2D eigenvalue weighted by molar-refractivity contribution is 0.332. The molecular formula is C17H22N2O2. The van der Waals surface area contributed by atoms with Gasteiger partial charge >= 0.3 is 0 Å². The second kappa shape index (κ2) is 6.57. The lowest BCUT2D eigenvalue weighted by atomic mass is 10.00. The summed E-state index contributed by atoms with van der Waals surface area (Å²) in [6.07, 6.45) is 0.731. The summed E-state index contributed by atoms with van der Waals surface area (Å²) in [7, 11) is 0. The number of benzene rings is 1. The van der Waals surface area contributed by atoms with Crippen molar-refractivity contribution in [3.8, 4) is 16.9 Å². The van der Waals surface area contributed by atoms with Gasteiger partial charge in [0.15, 0.2) is 5.75 Å². The van der Waals surface area contributed by atoms with Crippen LogP contribution in [0.15, 0.2) is 29.1 Å². The van der Waals surface area contributed by atoms with Crippen LogP contribution in [0.1, 0.15) is 32.0 Å². The van der Waals surface area contributed by atoms with Crippen LogP contribution in [-0.4, -0.2) is 16.4 Å². The standard InChI is InChI=1S/C17H22N2O2/c1-5-14-16(21-7-3)15(17(20)19(6-2)18-14)13-11-9-8-10-12(13)4/h8-11H,5-7H2,1-4H3. The first-order chi connectivity index (χ1) is 10.1. The predicted octanol–water partition coefficient (Wildman–Crippen LogP) is 3.20. The van der Waals surface area contributed by atoms with Gasteiger partial charge in [-0.25, -0.2) is 4.68 Å². The lowest BCUT2D eigenvalue weighted by Crippen LogP contribution is -2.26. The zero-order chi connectivity index (χ0) is 15.4. The van der Waals surface area contributed by atoms with Gasteiger partial charge in [0.25, 0.3) is 5.56 Å². The molecule has 1 aromatic heterocycles. The van der Waals surface area contributed by atoms with E-state index in [2.05, 4.69) is 5.10 Å². The Morgan fingerprint density at radius 1 is 1.19 bits per heavy atom. The van der Waals surface area contributed by atoms with Crippen molar-refractivity contribution in [3.05, 3.63) is 45.9 Å². The van der Waals surface area contributed by atoms with Crippen LogP contribution < -0.4 is 10.3 Å². The van der Waals surface area contributed by atoms with E-state index in [1.165, 1.54) is 4.68 Å². The maximum absolute atomic E-state index is 12.7. The molecule has 0 atom stereocenters. The van der Waals surface area contributed by atoms with Crippen molar-refractivity contribution in [2.45, 2.75) is 40.7 Å². The molecule has 21 heavy (non-hydrogen) atoms. The Balaban J connectivity index is 2.84. The van der Waals surface area contributed by atoms with Gasteiger partial charge in [0.1, 0.15) is 5.69 Å². The minimum atomic E-state index is -0.0903. The van der Waals surface area contributed by atoms with Crippen molar-refractivity contribution in [3.63, 3.8) is 0 Å². The van der Waals surface area contributed by atoms with Crippen molar-refractivity contribution < 1.29 is 4.74 Å². The molecule has 112 valence electrons. The summed E-state index contributed by atoms with van der Waals surface area (Å²) in [6.45, 7) is 8.95. The van der Waals surface area contributed by atoms with Crippen LogP contribution in [0.2, 0.25) is 0 Å². The second-order valence-corrected chi connectivity index (χ2v) is 4.87. The third-order valence-electron chi connectivity index (χ3n) is 3.52. The number of hydrogen-bond acceptors (Lipinski definition) is 3. The minimum absolute atomic E-state index is 0.0903. The molecule has 0 saturated heterocycles. The third-order valence-corrected chi connectivity index (χ3v) is 3.52. The molecule has 1 heterocycles. The molecule has 0 spiro atoms. The summed E-state index contributed by atoms with van der Waals surface area (Å²) in [6, 6.07) is 7.89. The summed E-state index contributed by atoms with van der Waals surface area (Å²) in [4.78, 5) is 12.7. The van der Waals surface area contributed by atoms with Crippen LogP contribution in [0.25, 0.3) is 11.1 Å². The molecule has 4 nitrogen and oxygen atoms in total. The molecule has 0 fully saturated rings. The van der Waals surface area contributed by atoms with E-state index in [0.717, 1.165) is 23.2 Å². The molecule has 0 aliphatic heterocycles. The molecule has 0 bridgehead atoms. The first kappa shape index (κ1) is 15.3. The van der Waals surface area contributed by atoms with E-state index in [4.69, 9.17) is 4.74 Å². The summed E-state index contributed by atoms with van der Waals surface area (Å²) in [5, 5.41) is 4.42. The molecule has 2 rings (SSSR count). The molecule has 0 unspecified atom stereocenters.